The Labute approximate surface area is 140 Å². The zero-order valence-corrected chi connectivity index (χ0v) is 13.9. The van der Waals surface area contributed by atoms with Gasteiger partial charge in [-0.2, -0.15) is 0 Å². The van der Waals surface area contributed by atoms with Crippen molar-refractivity contribution in [3.8, 4) is 5.75 Å². The maximum Gasteiger partial charge on any atom is 0.323 e. The second kappa shape index (κ2) is 7.81. The lowest BCUT2D eigenvalue weighted by Gasteiger charge is -2.25. The fraction of sp³-hybridized carbons (Fsp3) is 0.471. The molecule has 24 heavy (non-hydrogen) atoms. The van der Waals surface area contributed by atoms with Crippen molar-refractivity contribution < 1.29 is 24.2 Å². The predicted molar refractivity (Wildman–Crippen MR) is 88.0 cm³/mol. The Bertz CT molecular complexity index is 629. The first-order chi connectivity index (χ1) is 11.4. The molecule has 7 nitrogen and oxygen atoms in total. The Kier molecular flexibility index (Phi) is 5.78. The molecule has 2 amide bonds. The molecule has 1 aliphatic heterocycles. The van der Waals surface area contributed by atoms with Crippen molar-refractivity contribution in [2.45, 2.75) is 32.7 Å². The summed E-state index contributed by atoms with van der Waals surface area (Å²) >= 11 is 0. The molecule has 1 saturated heterocycles. The number of carbonyl (C=O) groups excluding carboxylic acids is 2. The number of carboxylic acids is 1. The first-order valence-corrected chi connectivity index (χ1v) is 7.93. The van der Waals surface area contributed by atoms with E-state index in [0.29, 0.717) is 18.7 Å². The van der Waals surface area contributed by atoms with Crippen LogP contribution in [-0.2, 0) is 14.4 Å². The summed E-state index contributed by atoms with van der Waals surface area (Å²) < 4.78 is 5.49. The van der Waals surface area contributed by atoms with Crippen molar-refractivity contribution in [2.75, 3.05) is 24.6 Å². The molecule has 1 fully saturated rings. The molecule has 130 valence electrons. The third kappa shape index (κ3) is 4.47. The quantitative estimate of drug-likeness (QED) is 0.817. The zero-order valence-electron chi connectivity index (χ0n) is 13.9. The lowest BCUT2D eigenvalue weighted by molar-refractivity contribution is -0.146. The van der Waals surface area contributed by atoms with Crippen LogP contribution in [0.5, 0.6) is 5.75 Å². The van der Waals surface area contributed by atoms with Crippen LogP contribution in [0.15, 0.2) is 24.3 Å². The summed E-state index contributed by atoms with van der Waals surface area (Å²) in [5.41, 5.74) is 0.744. The molecule has 0 saturated carbocycles. The molecule has 2 rings (SSSR count). The lowest BCUT2D eigenvalue weighted by Crippen LogP contribution is -2.43. The van der Waals surface area contributed by atoms with Crippen LogP contribution in [0.3, 0.4) is 0 Å². The summed E-state index contributed by atoms with van der Waals surface area (Å²) in [6.45, 7) is 3.58. The number of ether oxygens (including phenoxy) is 1. The van der Waals surface area contributed by atoms with E-state index in [1.807, 2.05) is 6.07 Å². The van der Waals surface area contributed by atoms with E-state index in [0.717, 1.165) is 12.1 Å². The van der Waals surface area contributed by atoms with Crippen LogP contribution >= 0.6 is 0 Å². The van der Waals surface area contributed by atoms with E-state index < -0.39 is 11.9 Å². The van der Waals surface area contributed by atoms with E-state index in [2.05, 4.69) is 0 Å². The molecule has 0 radical (unpaired) electrons. The van der Waals surface area contributed by atoms with Gasteiger partial charge in [-0.15, -0.1) is 0 Å². The third-order valence-corrected chi connectivity index (χ3v) is 3.81. The van der Waals surface area contributed by atoms with Crippen LogP contribution in [0.2, 0.25) is 0 Å². The Hall–Kier alpha value is -2.57. The maximum absolute atomic E-state index is 12.2. The van der Waals surface area contributed by atoms with Crippen LogP contribution in [0.25, 0.3) is 0 Å². The van der Waals surface area contributed by atoms with Gasteiger partial charge < -0.3 is 19.6 Å². The number of aliphatic carboxylic acids is 1. The average molecular weight is 334 g/mol. The fourth-order valence-electron chi connectivity index (χ4n) is 2.59. The normalized spacial score (nSPS) is 14.1. The van der Waals surface area contributed by atoms with Crippen LogP contribution in [-0.4, -0.2) is 53.5 Å². The van der Waals surface area contributed by atoms with E-state index in [1.165, 1.54) is 4.90 Å². The van der Waals surface area contributed by atoms with E-state index in [-0.39, 0.29) is 25.1 Å². The predicted octanol–water partition coefficient (Wildman–Crippen LogP) is 1.51. The summed E-state index contributed by atoms with van der Waals surface area (Å²) in [5.74, 6) is -0.906. The molecule has 0 atom stereocenters. The molecular weight excluding hydrogens is 312 g/mol. The van der Waals surface area contributed by atoms with Gasteiger partial charge in [0.1, 0.15) is 12.3 Å². The molecule has 1 aliphatic rings. The summed E-state index contributed by atoms with van der Waals surface area (Å²) in [6.07, 6.45) is 1.38. The Balaban J connectivity index is 1.99. The van der Waals surface area contributed by atoms with Gasteiger partial charge in [-0.3, -0.25) is 14.4 Å². The van der Waals surface area contributed by atoms with E-state index >= 15 is 0 Å². The van der Waals surface area contributed by atoms with E-state index in [9.17, 15) is 14.4 Å². The summed E-state index contributed by atoms with van der Waals surface area (Å²) in [5, 5.41) is 8.88. The summed E-state index contributed by atoms with van der Waals surface area (Å²) in [4.78, 5) is 37.7. The highest BCUT2D eigenvalue weighted by molar-refractivity contribution is 5.95. The average Bonchev–Trinajstić information content (AvgIpc) is 2.96. The molecule has 0 unspecified atom stereocenters. The number of rotatable bonds is 7. The van der Waals surface area contributed by atoms with Crippen molar-refractivity contribution in [2.24, 2.45) is 0 Å². The monoisotopic (exact) mass is 334 g/mol. The molecule has 1 aromatic rings. The molecule has 0 aliphatic carbocycles. The fourth-order valence-corrected chi connectivity index (χ4v) is 2.59. The highest BCUT2D eigenvalue weighted by Crippen LogP contribution is 2.25. The van der Waals surface area contributed by atoms with Gasteiger partial charge >= 0.3 is 5.97 Å². The second-order valence-corrected chi connectivity index (χ2v) is 5.94. The first-order valence-electron chi connectivity index (χ1n) is 7.93. The van der Waals surface area contributed by atoms with Crippen molar-refractivity contribution >= 4 is 23.5 Å². The van der Waals surface area contributed by atoms with Crippen molar-refractivity contribution in [3.63, 3.8) is 0 Å². The van der Waals surface area contributed by atoms with Gasteiger partial charge in [0.15, 0.2) is 6.61 Å². The van der Waals surface area contributed by atoms with Crippen LogP contribution in [0.1, 0.15) is 26.7 Å². The largest absolute Gasteiger partial charge is 0.484 e. The number of anilines is 1. The maximum atomic E-state index is 12.2. The van der Waals surface area contributed by atoms with Gasteiger partial charge in [-0.1, -0.05) is 6.07 Å². The number of benzene rings is 1. The smallest absolute Gasteiger partial charge is 0.323 e. The van der Waals surface area contributed by atoms with E-state index in [4.69, 9.17) is 9.84 Å². The summed E-state index contributed by atoms with van der Waals surface area (Å²) in [6, 6.07) is 6.77. The molecule has 7 heteroatoms. The highest BCUT2D eigenvalue weighted by Gasteiger charge is 2.23. The minimum absolute atomic E-state index is 0.0793. The number of nitrogens with zero attached hydrogens (tertiary/aromatic N) is 2. The van der Waals surface area contributed by atoms with Crippen LogP contribution in [0.4, 0.5) is 5.69 Å². The molecule has 0 spiro atoms. The van der Waals surface area contributed by atoms with Crippen LogP contribution < -0.4 is 9.64 Å². The van der Waals surface area contributed by atoms with Gasteiger partial charge in [0, 0.05) is 30.8 Å². The second-order valence-electron chi connectivity index (χ2n) is 5.94. The van der Waals surface area contributed by atoms with Gasteiger partial charge in [0.2, 0.25) is 5.91 Å². The molecular formula is C17H22N2O5. The number of carbonyl (C=O) groups is 3. The molecule has 0 bridgehead atoms. The van der Waals surface area contributed by atoms with Gasteiger partial charge in [-0.25, -0.2) is 0 Å². The van der Waals surface area contributed by atoms with Crippen molar-refractivity contribution in [1.82, 2.24) is 4.90 Å². The first kappa shape index (κ1) is 17.8. The number of amides is 2. The van der Waals surface area contributed by atoms with E-state index in [1.54, 1.807) is 36.9 Å². The number of hydrogen-bond donors (Lipinski definition) is 1. The molecule has 1 aromatic carbocycles. The minimum Gasteiger partial charge on any atom is -0.484 e. The molecule has 0 aromatic heterocycles. The topological polar surface area (TPSA) is 87.2 Å². The number of hydrogen-bond acceptors (Lipinski definition) is 4. The Morgan fingerprint density at radius 3 is 2.71 bits per heavy atom. The molecule has 1 N–H and O–H groups in total. The van der Waals surface area contributed by atoms with Crippen molar-refractivity contribution in [3.05, 3.63) is 24.3 Å². The van der Waals surface area contributed by atoms with Crippen molar-refractivity contribution in [1.29, 1.82) is 0 Å². The zero-order chi connectivity index (χ0) is 17.7. The van der Waals surface area contributed by atoms with Gasteiger partial charge in [0.25, 0.3) is 5.91 Å². The van der Waals surface area contributed by atoms with Gasteiger partial charge in [-0.05, 0) is 32.4 Å². The standard InChI is InChI=1S/C17H22N2O5/c1-12(2)19(10-17(22)23)16(21)11-24-14-6-3-5-13(9-14)18-8-4-7-15(18)20/h3,5-6,9,12H,4,7-8,10-11H2,1-2H3,(H,22,23). The number of carboxylic acid groups (broad SMARTS) is 1. The summed E-state index contributed by atoms with van der Waals surface area (Å²) in [7, 11) is 0. The minimum atomic E-state index is -1.06. The Morgan fingerprint density at radius 2 is 2.12 bits per heavy atom. The highest BCUT2D eigenvalue weighted by atomic mass is 16.5. The Morgan fingerprint density at radius 1 is 1.38 bits per heavy atom. The molecule has 1 heterocycles. The van der Waals surface area contributed by atoms with Crippen LogP contribution in [0, 0.1) is 0 Å². The van der Waals surface area contributed by atoms with Gasteiger partial charge in [0.05, 0.1) is 0 Å². The third-order valence-electron chi connectivity index (χ3n) is 3.81. The lowest BCUT2D eigenvalue weighted by atomic mass is 10.2. The SMILES string of the molecule is CC(C)N(CC(=O)O)C(=O)COc1cccc(N2CCCC2=O)c1.